The van der Waals surface area contributed by atoms with E-state index in [1.807, 2.05) is 13.0 Å². The van der Waals surface area contributed by atoms with Gasteiger partial charge >= 0.3 is 0 Å². The molecule has 1 aromatic heterocycles. The Bertz CT molecular complexity index is 381. The third-order valence-corrected chi connectivity index (χ3v) is 2.93. The summed E-state index contributed by atoms with van der Waals surface area (Å²) >= 11 is 0. The Morgan fingerprint density at radius 3 is 2.67 bits per heavy atom. The molecule has 0 unspecified atom stereocenters. The molecule has 102 valence electrons. The van der Waals surface area contributed by atoms with Crippen LogP contribution in [0, 0.1) is 6.92 Å². The summed E-state index contributed by atoms with van der Waals surface area (Å²) in [7, 11) is 0. The molecule has 0 aliphatic carbocycles. The van der Waals surface area contributed by atoms with Crippen LogP contribution in [0.15, 0.2) is 18.3 Å². The molecule has 0 radical (unpaired) electrons. The number of pyridine rings is 1. The second kappa shape index (κ2) is 8.29. The van der Waals surface area contributed by atoms with Crippen LogP contribution in [-0.4, -0.2) is 30.0 Å². The minimum Gasteiger partial charge on any atom is -0.349 e. The van der Waals surface area contributed by atoms with Crippen molar-refractivity contribution >= 4 is 30.7 Å². The molecule has 1 aromatic rings. The van der Waals surface area contributed by atoms with Crippen molar-refractivity contribution in [2.75, 3.05) is 13.1 Å². The van der Waals surface area contributed by atoms with E-state index in [-0.39, 0.29) is 30.7 Å². The molecule has 6 heteroatoms. The Balaban J connectivity index is 0.00000144. The Labute approximate surface area is 120 Å². The van der Waals surface area contributed by atoms with Crippen molar-refractivity contribution in [1.29, 1.82) is 0 Å². The average Bonchev–Trinajstić information content (AvgIpc) is 2.31. The Hall–Kier alpha value is -0.840. The fraction of sp³-hybridized carbons (Fsp3) is 0.500. The zero-order valence-electron chi connectivity index (χ0n) is 10.3. The van der Waals surface area contributed by atoms with E-state index in [1.165, 1.54) is 0 Å². The summed E-state index contributed by atoms with van der Waals surface area (Å²) in [5.74, 6) is -0.00231. The molecule has 1 aliphatic rings. The van der Waals surface area contributed by atoms with Gasteiger partial charge in [0.2, 0.25) is 0 Å². The quantitative estimate of drug-likeness (QED) is 0.872. The Morgan fingerprint density at radius 1 is 1.39 bits per heavy atom. The first-order valence-corrected chi connectivity index (χ1v) is 5.70. The number of aryl methyl sites for hydroxylation is 1. The van der Waals surface area contributed by atoms with Crippen molar-refractivity contribution in [3.63, 3.8) is 0 Å². The van der Waals surface area contributed by atoms with Crippen LogP contribution in [0.1, 0.15) is 28.9 Å². The van der Waals surface area contributed by atoms with E-state index >= 15 is 0 Å². The van der Waals surface area contributed by atoms with Crippen molar-refractivity contribution in [3.05, 3.63) is 29.6 Å². The van der Waals surface area contributed by atoms with Gasteiger partial charge < -0.3 is 10.6 Å². The number of carbonyl (C=O) groups excluding carboxylic acids is 1. The van der Waals surface area contributed by atoms with Gasteiger partial charge in [-0.1, -0.05) is 0 Å². The molecule has 18 heavy (non-hydrogen) atoms. The van der Waals surface area contributed by atoms with Gasteiger partial charge in [0.1, 0.15) is 0 Å². The molecule has 2 heterocycles. The fourth-order valence-corrected chi connectivity index (χ4v) is 1.95. The van der Waals surface area contributed by atoms with Crippen LogP contribution >= 0.6 is 24.8 Å². The molecule has 1 fully saturated rings. The number of hydrogen-bond donors (Lipinski definition) is 2. The van der Waals surface area contributed by atoms with Gasteiger partial charge in [-0.3, -0.25) is 9.78 Å². The summed E-state index contributed by atoms with van der Waals surface area (Å²) in [6.45, 7) is 3.82. The van der Waals surface area contributed by atoms with E-state index in [2.05, 4.69) is 15.6 Å². The van der Waals surface area contributed by atoms with Crippen molar-refractivity contribution in [2.24, 2.45) is 0 Å². The van der Waals surface area contributed by atoms with Crippen molar-refractivity contribution in [3.8, 4) is 0 Å². The second-order valence-electron chi connectivity index (χ2n) is 4.13. The van der Waals surface area contributed by atoms with Crippen molar-refractivity contribution in [2.45, 2.75) is 25.8 Å². The predicted octanol–water partition coefficient (Wildman–Crippen LogP) is 1.72. The smallest absolute Gasteiger partial charge is 0.253 e. The predicted molar refractivity (Wildman–Crippen MR) is 76.8 cm³/mol. The molecule has 0 bridgehead atoms. The second-order valence-corrected chi connectivity index (χ2v) is 4.13. The number of halogens is 2. The number of aromatic nitrogens is 1. The van der Waals surface area contributed by atoms with Gasteiger partial charge in [-0.05, 0) is 45.0 Å². The van der Waals surface area contributed by atoms with Crippen LogP contribution in [0.25, 0.3) is 0 Å². The summed E-state index contributed by atoms with van der Waals surface area (Å²) in [6.07, 6.45) is 3.72. The maximum atomic E-state index is 12.0. The van der Waals surface area contributed by atoms with E-state index in [0.29, 0.717) is 11.6 Å². The highest BCUT2D eigenvalue weighted by Gasteiger charge is 2.17. The van der Waals surface area contributed by atoms with E-state index in [0.717, 1.165) is 31.6 Å². The molecule has 2 N–H and O–H groups in total. The summed E-state index contributed by atoms with van der Waals surface area (Å²) in [4.78, 5) is 16.1. The van der Waals surface area contributed by atoms with Crippen molar-refractivity contribution in [1.82, 2.24) is 15.6 Å². The molecule has 1 aliphatic heterocycles. The van der Waals surface area contributed by atoms with Gasteiger partial charge in [-0.2, -0.15) is 0 Å². The largest absolute Gasteiger partial charge is 0.349 e. The van der Waals surface area contributed by atoms with E-state index in [4.69, 9.17) is 0 Å². The lowest BCUT2D eigenvalue weighted by atomic mass is 10.1. The standard InChI is InChI=1S/C12H17N3O.2ClH/c1-9-11(3-2-6-14-9)12(16)15-10-4-7-13-8-5-10;;/h2-3,6,10,13H,4-5,7-8H2,1H3,(H,15,16);2*1H. The highest BCUT2D eigenvalue weighted by molar-refractivity contribution is 5.95. The SMILES string of the molecule is Cc1ncccc1C(=O)NC1CCNCC1.Cl.Cl. The monoisotopic (exact) mass is 291 g/mol. The number of rotatable bonds is 2. The lowest BCUT2D eigenvalue weighted by Gasteiger charge is -2.23. The van der Waals surface area contributed by atoms with Crippen molar-refractivity contribution < 1.29 is 4.79 Å². The molecule has 0 aromatic carbocycles. The van der Waals surface area contributed by atoms with E-state index in [1.54, 1.807) is 12.3 Å². The lowest BCUT2D eigenvalue weighted by molar-refractivity contribution is 0.0928. The molecule has 1 amide bonds. The number of carbonyl (C=O) groups is 1. The first-order valence-electron chi connectivity index (χ1n) is 5.70. The molecule has 0 saturated carbocycles. The van der Waals surface area contributed by atoms with Crippen LogP contribution in [0.2, 0.25) is 0 Å². The van der Waals surface area contributed by atoms with E-state index in [9.17, 15) is 4.79 Å². The first-order chi connectivity index (χ1) is 7.77. The molecule has 2 rings (SSSR count). The summed E-state index contributed by atoms with van der Waals surface area (Å²) in [5, 5.41) is 6.33. The zero-order valence-corrected chi connectivity index (χ0v) is 11.9. The molecule has 1 saturated heterocycles. The topological polar surface area (TPSA) is 54.0 Å². The van der Waals surface area contributed by atoms with Gasteiger partial charge in [0, 0.05) is 17.9 Å². The number of piperidine rings is 1. The normalized spacial score (nSPS) is 15.2. The lowest BCUT2D eigenvalue weighted by Crippen LogP contribution is -2.42. The minimum atomic E-state index is -0.00231. The number of nitrogens with one attached hydrogen (secondary N) is 2. The maximum absolute atomic E-state index is 12.0. The molecular weight excluding hydrogens is 273 g/mol. The van der Waals surface area contributed by atoms with E-state index < -0.39 is 0 Å². The van der Waals surface area contributed by atoms with Crippen LogP contribution in [0.4, 0.5) is 0 Å². The van der Waals surface area contributed by atoms with Gasteiger partial charge in [0.25, 0.3) is 5.91 Å². The van der Waals surface area contributed by atoms with Gasteiger partial charge in [0.15, 0.2) is 0 Å². The molecule has 0 spiro atoms. The highest BCUT2D eigenvalue weighted by atomic mass is 35.5. The maximum Gasteiger partial charge on any atom is 0.253 e. The van der Waals surface area contributed by atoms with Gasteiger partial charge in [0.05, 0.1) is 5.56 Å². The Morgan fingerprint density at radius 2 is 2.06 bits per heavy atom. The summed E-state index contributed by atoms with van der Waals surface area (Å²) in [5.41, 5.74) is 1.47. The molecule has 4 nitrogen and oxygen atoms in total. The van der Waals surface area contributed by atoms with Crippen LogP contribution in [-0.2, 0) is 0 Å². The van der Waals surface area contributed by atoms with Crippen LogP contribution in [0.5, 0.6) is 0 Å². The number of amides is 1. The third-order valence-electron chi connectivity index (χ3n) is 2.93. The fourth-order valence-electron chi connectivity index (χ4n) is 1.95. The third kappa shape index (κ3) is 4.44. The number of hydrogen-bond acceptors (Lipinski definition) is 3. The molecular formula is C12H19Cl2N3O. The highest BCUT2D eigenvalue weighted by Crippen LogP contribution is 2.07. The van der Waals surface area contributed by atoms with Crippen LogP contribution in [0.3, 0.4) is 0 Å². The Kier molecular flexibility index (Phi) is 7.91. The minimum absolute atomic E-state index is 0. The average molecular weight is 292 g/mol. The van der Waals surface area contributed by atoms with Gasteiger partial charge in [-0.25, -0.2) is 0 Å². The van der Waals surface area contributed by atoms with Crippen LogP contribution < -0.4 is 10.6 Å². The number of nitrogens with zero attached hydrogens (tertiary/aromatic N) is 1. The van der Waals surface area contributed by atoms with Gasteiger partial charge in [-0.15, -0.1) is 24.8 Å². The first kappa shape index (κ1) is 17.2. The summed E-state index contributed by atoms with van der Waals surface area (Å²) in [6, 6.07) is 3.91. The zero-order chi connectivity index (χ0) is 11.4. The molecule has 0 atom stereocenters. The summed E-state index contributed by atoms with van der Waals surface area (Å²) < 4.78 is 0.